The van der Waals surface area contributed by atoms with Gasteiger partial charge in [-0.05, 0) is 52.0 Å². The number of hydrogen-bond acceptors (Lipinski definition) is 2. The van der Waals surface area contributed by atoms with Crippen molar-refractivity contribution in [1.82, 2.24) is 10.2 Å². The molecule has 0 bridgehead atoms. The van der Waals surface area contributed by atoms with Crippen molar-refractivity contribution in [3.05, 3.63) is 0 Å². The van der Waals surface area contributed by atoms with Gasteiger partial charge in [-0.3, -0.25) is 4.90 Å². The molecule has 0 aromatic rings. The van der Waals surface area contributed by atoms with Gasteiger partial charge < -0.3 is 5.32 Å². The summed E-state index contributed by atoms with van der Waals surface area (Å²) in [6.45, 7) is 9.69. The zero-order valence-corrected chi connectivity index (χ0v) is 13.3. The molecule has 2 aliphatic rings. The summed E-state index contributed by atoms with van der Waals surface area (Å²) in [5.74, 6) is 0.944. The van der Waals surface area contributed by atoms with E-state index in [9.17, 15) is 0 Å². The Morgan fingerprint density at radius 3 is 2.42 bits per heavy atom. The number of hydrogen-bond donors (Lipinski definition) is 1. The van der Waals surface area contributed by atoms with E-state index in [4.69, 9.17) is 0 Å². The molecule has 2 heteroatoms. The lowest BCUT2D eigenvalue weighted by molar-refractivity contribution is 0.0606. The highest BCUT2D eigenvalue weighted by Gasteiger charge is 2.31. The van der Waals surface area contributed by atoms with Crippen molar-refractivity contribution in [3.8, 4) is 0 Å². The Morgan fingerprint density at radius 1 is 1.05 bits per heavy atom. The molecular formula is C17H34N2. The normalized spacial score (nSPS) is 33.0. The Kier molecular flexibility index (Phi) is 6.15. The van der Waals surface area contributed by atoms with E-state index in [1.54, 1.807) is 0 Å². The van der Waals surface area contributed by atoms with E-state index >= 15 is 0 Å². The van der Waals surface area contributed by atoms with E-state index in [0.717, 1.165) is 18.0 Å². The molecule has 1 aliphatic heterocycles. The summed E-state index contributed by atoms with van der Waals surface area (Å²) in [5, 5.41) is 3.73. The fraction of sp³-hybridized carbons (Fsp3) is 1.00. The van der Waals surface area contributed by atoms with Crippen LogP contribution in [0.5, 0.6) is 0 Å². The molecule has 0 amide bonds. The average molecular weight is 266 g/mol. The molecule has 0 aromatic heterocycles. The fourth-order valence-electron chi connectivity index (χ4n) is 4.16. The van der Waals surface area contributed by atoms with Crippen LogP contribution in [0.1, 0.15) is 72.1 Å². The third kappa shape index (κ3) is 4.19. The number of piperidine rings is 1. The van der Waals surface area contributed by atoms with Crippen molar-refractivity contribution in [3.63, 3.8) is 0 Å². The summed E-state index contributed by atoms with van der Waals surface area (Å²) in [4.78, 5) is 2.83. The van der Waals surface area contributed by atoms with E-state index in [1.807, 2.05) is 0 Å². The van der Waals surface area contributed by atoms with Crippen LogP contribution >= 0.6 is 0 Å². The standard InChI is InChI=1S/C17H34N2/c1-4-15-9-5-6-11-17(15)19(14(2)3)13-16-10-7-8-12-18-16/h14-18H,4-13H2,1-3H3. The molecule has 1 aliphatic carbocycles. The second-order valence-corrected chi connectivity index (χ2v) is 6.96. The summed E-state index contributed by atoms with van der Waals surface area (Å²) in [6.07, 6.45) is 11.3. The molecule has 0 radical (unpaired) electrons. The molecule has 2 fully saturated rings. The number of nitrogens with zero attached hydrogens (tertiary/aromatic N) is 1. The van der Waals surface area contributed by atoms with Gasteiger partial charge in [0.1, 0.15) is 0 Å². The lowest BCUT2D eigenvalue weighted by Gasteiger charge is -2.44. The largest absolute Gasteiger partial charge is 0.313 e. The molecule has 19 heavy (non-hydrogen) atoms. The highest BCUT2D eigenvalue weighted by molar-refractivity contribution is 4.87. The zero-order valence-electron chi connectivity index (χ0n) is 13.3. The Balaban J connectivity index is 1.96. The zero-order chi connectivity index (χ0) is 13.7. The van der Waals surface area contributed by atoms with Crippen LogP contribution < -0.4 is 5.32 Å². The first-order chi connectivity index (χ1) is 9.22. The van der Waals surface area contributed by atoms with Crippen LogP contribution in [0.3, 0.4) is 0 Å². The topological polar surface area (TPSA) is 15.3 Å². The monoisotopic (exact) mass is 266 g/mol. The molecule has 1 N–H and O–H groups in total. The maximum atomic E-state index is 3.73. The van der Waals surface area contributed by atoms with E-state index in [-0.39, 0.29) is 0 Å². The Morgan fingerprint density at radius 2 is 1.79 bits per heavy atom. The van der Waals surface area contributed by atoms with Crippen molar-refractivity contribution < 1.29 is 0 Å². The summed E-state index contributed by atoms with van der Waals surface area (Å²) >= 11 is 0. The average Bonchev–Trinajstić information content (AvgIpc) is 2.45. The predicted octanol–water partition coefficient (Wildman–Crippen LogP) is 3.81. The maximum Gasteiger partial charge on any atom is 0.0195 e. The van der Waals surface area contributed by atoms with Crippen LogP contribution in [0, 0.1) is 5.92 Å². The third-order valence-electron chi connectivity index (χ3n) is 5.33. The first-order valence-corrected chi connectivity index (χ1v) is 8.71. The van der Waals surface area contributed by atoms with E-state index in [2.05, 4.69) is 31.0 Å². The van der Waals surface area contributed by atoms with Crippen molar-refractivity contribution in [2.45, 2.75) is 90.3 Å². The van der Waals surface area contributed by atoms with Crippen LogP contribution in [0.15, 0.2) is 0 Å². The van der Waals surface area contributed by atoms with Crippen molar-refractivity contribution >= 4 is 0 Å². The Bertz CT molecular complexity index is 246. The van der Waals surface area contributed by atoms with Crippen molar-refractivity contribution in [1.29, 1.82) is 0 Å². The quantitative estimate of drug-likeness (QED) is 0.814. The van der Waals surface area contributed by atoms with E-state index in [0.29, 0.717) is 6.04 Å². The third-order valence-corrected chi connectivity index (χ3v) is 5.33. The van der Waals surface area contributed by atoms with Crippen LogP contribution in [0.25, 0.3) is 0 Å². The van der Waals surface area contributed by atoms with Crippen LogP contribution in [0.2, 0.25) is 0 Å². The Labute approximate surface area is 120 Å². The highest BCUT2D eigenvalue weighted by atomic mass is 15.2. The lowest BCUT2D eigenvalue weighted by atomic mass is 9.81. The summed E-state index contributed by atoms with van der Waals surface area (Å²) in [5.41, 5.74) is 0. The van der Waals surface area contributed by atoms with Gasteiger partial charge >= 0.3 is 0 Å². The smallest absolute Gasteiger partial charge is 0.0195 e. The second-order valence-electron chi connectivity index (χ2n) is 6.96. The van der Waals surface area contributed by atoms with Crippen LogP contribution in [-0.2, 0) is 0 Å². The van der Waals surface area contributed by atoms with E-state index < -0.39 is 0 Å². The molecule has 112 valence electrons. The minimum Gasteiger partial charge on any atom is -0.313 e. The first kappa shape index (κ1) is 15.3. The van der Waals surface area contributed by atoms with Gasteiger partial charge in [0.15, 0.2) is 0 Å². The van der Waals surface area contributed by atoms with Gasteiger partial charge in [0.2, 0.25) is 0 Å². The maximum absolute atomic E-state index is 3.73. The molecule has 3 unspecified atom stereocenters. The molecule has 2 nitrogen and oxygen atoms in total. The van der Waals surface area contributed by atoms with Gasteiger partial charge in [-0.15, -0.1) is 0 Å². The summed E-state index contributed by atoms with van der Waals surface area (Å²) < 4.78 is 0. The summed E-state index contributed by atoms with van der Waals surface area (Å²) in [6, 6.07) is 2.29. The van der Waals surface area contributed by atoms with Gasteiger partial charge in [-0.25, -0.2) is 0 Å². The molecule has 3 atom stereocenters. The van der Waals surface area contributed by atoms with Gasteiger partial charge in [0, 0.05) is 24.7 Å². The molecule has 1 saturated heterocycles. The SMILES string of the molecule is CCC1CCCCC1N(CC1CCCCN1)C(C)C. The predicted molar refractivity (Wildman–Crippen MR) is 83.5 cm³/mol. The van der Waals surface area contributed by atoms with E-state index in [1.165, 1.54) is 64.5 Å². The van der Waals surface area contributed by atoms with Crippen molar-refractivity contribution in [2.24, 2.45) is 5.92 Å². The minimum atomic E-state index is 0.695. The highest BCUT2D eigenvalue weighted by Crippen LogP contribution is 2.32. The molecule has 1 saturated carbocycles. The van der Waals surface area contributed by atoms with Gasteiger partial charge in [-0.1, -0.05) is 32.6 Å². The first-order valence-electron chi connectivity index (χ1n) is 8.71. The minimum absolute atomic E-state index is 0.695. The number of nitrogens with one attached hydrogen (secondary N) is 1. The molecule has 2 rings (SSSR count). The lowest BCUT2D eigenvalue weighted by Crippen LogP contribution is -2.52. The molecule has 1 heterocycles. The second kappa shape index (κ2) is 7.64. The van der Waals surface area contributed by atoms with Gasteiger partial charge in [0.05, 0.1) is 0 Å². The molecular weight excluding hydrogens is 232 g/mol. The van der Waals surface area contributed by atoms with Gasteiger partial charge in [-0.2, -0.15) is 0 Å². The van der Waals surface area contributed by atoms with Crippen LogP contribution in [0.4, 0.5) is 0 Å². The fourth-order valence-corrected chi connectivity index (χ4v) is 4.16. The van der Waals surface area contributed by atoms with Gasteiger partial charge in [0.25, 0.3) is 0 Å². The van der Waals surface area contributed by atoms with Crippen LogP contribution in [-0.4, -0.2) is 36.1 Å². The molecule has 0 aromatic carbocycles. The summed E-state index contributed by atoms with van der Waals surface area (Å²) in [7, 11) is 0. The van der Waals surface area contributed by atoms with Crippen molar-refractivity contribution in [2.75, 3.05) is 13.1 Å². The number of rotatable bonds is 5. The Hall–Kier alpha value is -0.0800. The molecule has 0 spiro atoms.